The van der Waals surface area contributed by atoms with Crippen molar-refractivity contribution >= 4 is 0 Å². The molecule has 2 nitrogen and oxygen atoms in total. The van der Waals surface area contributed by atoms with E-state index in [1.54, 1.807) is 12.3 Å². The summed E-state index contributed by atoms with van der Waals surface area (Å²) in [5.74, 6) is 0.420. The van der Waals surface area contributed by atoms with Crippen molar-refractivity contribution in [1.82, 2.24) is 10.3 Å². The fraction of sp³-hybridized carbons (Fsp3) is 0.583. The van der Waals surface area contributed by atoms with Gasteiger partial charge in [0.25, 0.3) is 0 Å². The first-order valence-electron chi connectivity index (χ1n) is 5.65. The molecule has 1 aromatic heterocycles. The molecule has 1 atom stereocenters. The van der Waals surface area contributed by atoms with Gasteiger partial charge < -0.3 is 5.32 Å². The predicted molar refractivity (Wildman–Crippen MR) is 58.0 cm³/mol. The summed E-state index contributed by atoms with van der Waals surface area (Å²) >= 11 is 0. The lowest BCUT2D eigenvalue weighted by Gasteiger charge is -2.34. The molecule has 1 unspecified atom stereocenters. The Morgan fingerprint density at radius 3 is 2.87 bits per heavy atom. The fourth-order valence-electron chi connectivity index (χ4n) is 2.15. The van der Waals surface area contributed by atoms with E-state index in [0.29, 0.717) is 5.92 Å². The number of pyridine rings is 1. The van der Waals surface area contributed by atoms with Crippen molar-refractivity contribution < 1.29 is 4.39 Å². The molecule has 2 rings (SSSR count). The lowest BCUT2D eigenvalue weighted by Crippen LogP contribution is -2.32. The molecule has 0 bridgehead atoms. The van der Waals surface area contributed by atoms with Gasteiger partial charge >= 0.3 is 0 Å². The van der Waals surface area contributed by atoms with Crippen LogP contribution < -0.4 is 5.32 Å². The zero-order valence-electron chi connectivity index (χ0n) is 9.04. The Bertz CT molecular complexity index is 323. The zero-order valence-corrected chi connectivity index (χ0v) is 9.04. The molecule has 82 valence electrons. The van der Waals surface area contributed by atoms with Gasteiger partial charge in [-0.05, 0) is 36.9 Å². The average Bonchev–Trinajstić information content (AvgIpc) is 2.14. The highest BCUT2D eigenvalue weighted by Gasteiger charge is 2.28. The molecule has 1 aromatic rings. The van der Waals surface area contributed by atoms with Gasteiger partial charge in [0.05, 0.1) is 6.20 Å². The van der Waals surface area contributed by atoms with Crippen LogP contribution in [0.25, 0.3) is 0 Å². The van der Waals surface area contributed by atoms with E-state index in [1.165, 1.54) is 25.5 Å². The first-order valence-corrected chi connectivity index (χ1v) is 5.65. The Hall–Kier alpha value is -0.960. The van der Waals surface area contributed by atoms with Crippen molar-refractivity contribution in [2.45, 2.75) is 32.2 Å². The molecule has 0 aliphatic heterocycles. The molecule has 1 heterocycles. The number of hydrogen-bond acceptors (Lipinski definition) is 2. The van der Waals surface area contributed by atoms with Gasteiger partial charge in [-0.2, -0.15) is 0 Å². The Kier molecular flexibility index (Phi) is 3.31. The van der Waals surface area contributed by atoms with Crippen LogP contribution in [0.2, 0.25) is 0 Å². The maximum Gasteiger partial charge on any atom is 0.141 e. The van der Waals surface area contributed by atoms with Crippen LogP contribution in [0, 0.1) is 11.7 Å². The molecule has 1 saturated carbocycles. The summed E-state index contributed by atoms with van der Waals surface area (Å²) in [6, 6.07) is 1.88. The first-order chi connectivity index (χ1) is 7.31. The quantitative estimate of drug-likeness (QED) is 0.822. The number of nitrogens with zero attached hydrogens (tertiary/aromatic N) is 1. The molecule has 1 N–H and O–H groups in total. The molecule has 0 spiro atoms. The Labute approximate surface area is 89.9 Å². The topological polar surface area (TPSA) is 24.9 Å². The van der Waals surface area contributed by atoms with Crippen LogP contribution in [0.5, 0.6) is 0 Å². The third-order valence-corrected chi connectivity index (χ3v) is 3.13. The maximum atomic E-state index is 13.1. The number of rotatable bonds is 4. The molecule has 0 radical (unpaired) electrons. The van der Waals surface area contributed by atoms with Crippen LogP contribution in [-0.2, 0) is 0 Å². The van der Waals surface area contributed by atoms with Crippen molar-refractivity contribution in [3.63, 3.8) is 0 Å². The summed E-state index contributed by atoms with van der Waals surface area (Å²) < 4.78 is 13.1. The second kappa shape index (κ2) is 4.71. The first kappa shape index (κ1) is 10.6. The van der Waals surface area contributed by atoms with Gasteiger partial charge in [-0.1, -0.05) is 13.3 Å². The highest BCUT2D eigenvalue weighted by Crippen LogP contribution is 2.37. The van der Waals surface area contributed by atoms with E-state index in [0.717, 1.165) is 12.1 Å². The summed E-state index contributed by atoms with van der Waals surface area (Å²) in [5, 5.41) is 3.42. The lowest BCUT2D eigenvalue weighted by atomic mass is 9.77. The van der Waals surface area contributed by atoms with Crippen LogP contribution in [0.1, 0.15) is 37.8 Å². The molecule has 1 fully saturated rings. The summed E-state index contributed by atoms with van der Waals surface area (Å²) in [7, 11) is 0. The largest absolute Gasteiger partial charge is 0.310 e. The number of hydrogen-bond donors (Lipinski definition) is 1. The highest BCUT2D eigenvalue weighted by atomic mass is 19.1. The van der Waals surface area contributed by atoms with Crippen molar-refractivity contribution in [2.75, 3.05) is 6.54 Å². The predicted octanol–water partition coefficient (Wildman–Crippen LogP) is 2.67. The Balaban J connectivity index is 2.15. The van der Waals surface area contributed by atoms with Crippen LogP contribution in [-0.4, -0.2) is 11.5 Å². The number of aromatic nitrogens is 1. The van der Waals surface area contributed by atoms with Crippen LogP contribution in [0.15, 0.2) is 18.5 Å². The van der Waals surface area contributed by atoms with E-state index in [1.807, 2.05) is 0 Å². The molecule has 3 heteroatoms. The number of nitrogens with one attached hydrogen (secondary N) is 1. The second-order valence-electron chi connectivity index (χ2n) is 4.16. The normalized spacial score (nSPS) is 18.5. The van der Waals surface area contributed by atoms with Gasteiger partial charge in [0.1, 0.15) is 5.82 Å². The van der Waals surface area contributed by atoms with Gasteiger partial charge in [0.15, 0.2) is 0 Å². The summed E-state index contributed by atoms with van der Waals surface area (Å²) in [4.78, 5) is 3.91. The Morgan fingerprint density at radius 1 is 1.53 bits per heavy atom. The van der Waals surface area contributed by atoms with Crippen molar-refractivity contribution in [3.8, 4) is 0 Å². The maximum absolute atomic E-state index is 13.1. The standard InChI is InChI=1S/C12H17FN2/c1-2-15-12(9-4-3-5-9)10-6-11(13)8-14-7-10/h6-9,12,15H,2-5H2,1H3. The van der Waals surface area contributed by atoms with Crippen molar-refractivity contribution in [2.24, 2.45) is 5.92 Å². The van der Waals surface area contributed by atoms with E-state index in [-0.39, 0.29) is 11.9 Å². The summed E-state index contributed by atoms with van der Waals surface area (Å²) in [6.07, 6.45) is 6.82. The van der Waals surface area contributed by atoms with Gasteiger partial charge in [-0.25, -0.2) is 4.39 Å². The molecule has 1 aliphatic carbocycles. The molecular formula is C12H17FN2. The smallest absolute Gasteiger partial charge is 0.141 e. The third kappa shape index (κ3) is 2.34. The van der Waals surface area contributed by atoms with E-state index in [9.17, 15) is 4.39 Å². The minimum atomic E-state index is -0.241. The second-order valence-corrected chi connectivity index (χ2v) is 4.16. The highest BCUT2D eigenvalue weighted by molar-refractivity contribution is 5.16. The van der Waals surface area contributed by atoms with Crippen LogP contribution in [0.4, 0.5) is 4.39 Å². The monoisotopic (exact) mass is 208 g/mol. The van der Waals surface area contributed by atoms with Gasteiger partial charge in [0, 0.05) is 12.2 Å². The molecule has 0 aromatic carbocycles. The third-order valence-electron chi connectivity index (χ3n) is 3.13. The summed E-state index contributed by atoms with van der Waals surface area (Å²) in [6.45, 7) is 3.00. The molecule has 0 saturated heterocycles. The fourth-order valence-corrected chi connectivity index (χ4v) is 2.15. The van der Waals surface area contributed by atoms with Gasteiger partial charge in [-0.3, -0.25) is 4.98 Å². The van der Waals surface area contributed by atoms with E-state index in [4.69, 9.17) is 0 Å². The van der Waals surface area contributed by atoms with E-state index < -0.39 is 0 Å². The molecule has 1 aliphatic rings. The summed E-state index contributed by atoms with van der Waals surface area (Å²) in [5.41, 5.74) is 0.988. The number of halogens is 1. The van der Waals surface area contributed by atoms with Gasteiger partial charge in [0.2, 0.25) is 0 Å². The van der Waals surface area contributed by atoms with Crippen LogP contribution in [0.3, 0.4) is 0 Å². The zero-order chi connectivity index (χ0) is 10.7. The van der Waals surface area contributed by atoms with Crippen molar-refractivity contribution in [3.05, 3.63) is 29.8 Å². The molecule has 0 amide bonds. The van der Waals surface area contributed by atoms with E-state index in [2.05, 4.69) is 17.2 Å². The SMILES string of the molecule is CCNC(c1cncc(F)c1)C1CCC1. The van der Waals surface area contributed by atoms with E-state index >= 15 is 0 Å². The average molecular weight is 208 g/mol. The minimum Gasteiger partial charge on any atom is -0.310 e. The van der Waals surface area contributed by atoms with Crippen molar-refractivity contribution in [1.29, 1.82) is 0 Å². The minimum absolute atomic E-state index is 0.241. The molecule has 15 heavy (non-hydrogen) atoms. The lowest BCUT2D eigenvalue weighted by molar-refractivity contribution is 0.232. The Morgan fingerprint density at radius 2 is 2.33 bits per heavy atom. The van der Waals surface area contributed by atoms with Crippen LogP contribution >= 0.6 is 0 Å². The molecular weight excluding hydrogens is 191 g/mol. The van der Waals surface area contributed by atoms with Gasteiger partial charge in [-0.15, -0.1) is 0 Å².